The molecule has 1 rings (SSSR count). The van der Waals surface area contributed by atoms with Gasteiger partial charge in [-0.15, -0.1) is 0 Å². The zero-order valence-electron chi connectivity index (χ0n) is 10.3. The van der Waals surface area contributed by atoms with Gasteiger partial charge in [0.1, 0.15) is 6.04 Å². The number of benzene rings is 1. The molecule has 0 aromatic heterocycles. The number of alkyl halides is 2. The molecule has 1 amide bonds. The van der Waals surface area contributed by atoms with Crippen LogP contribution in [0, 0.1) is 0 Å². The number of halogens is 2. The Kier molecular flexibility index (Phi) is 6.34. The molecule has 0 aliphatic rings. The van der Waals surface area contributed by atoms with Crippen LogP contribution in [0.1, 0.15) is 11.6 Å². The maximum absolute atomic E-state index is 12.6. The molecular formula is C12H17F2N3O2. The molecule has 0 heterocycles. The van der Waals surface area contributed by atoms with Crippen molar-refractivity contribution in [2.45, 2.75) is 12.5 Å². The topological polar surface area (TPSA) is 78.6 Å². The lowest BCUT2D eigenvalue weighted by Crippen LogP contribution is -2.45. The average Bonchev–Trinajstić information content (AvgIpc) is 2.39. The van der Waals surface area contributed by atoms with Crippen molar-refractivity contribution in [1.29, 1.82) is 0 Å². The van der Waals surface area contributed by atoms with Gasteiger partial charge in [-0.05, 0) is 5.56 Å². The number of amides is 1. The fourth-order valence-electron chi connectivity index (χ4n) is 1.87. The summed E-state index contributed by atoms with van der Waals surface area (Å²) >= 11 is 0. The van der Waals surface area contributed by atoms with Gasteiger partial charge in [-0.1, -0.05) is 30.3 Å². The minimum absolute atomic E-state index is 0.0443. The van der Waals surface area contributed by atoms with Gasteiger partial charge in [0, 0.05) is 6.54 Å². The molecular weight excluding hydrogens is 256 g/mol. The molecule has 5 nitrogen and oxygen atoms in total. The van der Waals surface area contributed by atoms with E-state index in [4.69, 9.17) is 10.9 Å². The molecule has 106 valence electrons. The van der Waals surface area contributed by atoms with Crippen molar-refractivity contribution in [3.63, 3.8) is 0 Å². The van der Waals surface area contributed by atoms with Gasteiger partial charge in [0.05, 0.1) is 13.2 Å². The maximum atomic E-state index is 12.6. The van der Waals surface area contributed by atoms with Gasteiger partial charge >= 0.3 is 0 Å². The van der Waals surface area contributed by atoms with Crippen molar-refractivity contribution < 1.29 is 18.7 Å². The van der Waals surface area contributed by atoms with Gasteiger partial charge in [0.25, 0.3) is 12.3 Å². The first-order chi connectivity index (χ1) is 9.10. The Morgan fingerprint density at radius 2 is 2.00 bits per heavy atom. The van der Waals surface area contributed by atoms with E-state index in [0.29, 0.717) is 5.56 Å². The average molecular weight is 273 g/mol. The maximum Gasteiger partial charge on any atom is 0.255 e. The lowest BCUT2D eigenvalue weighted by Gasteiger charge is -2.29. The first kappa shape index (κ1) is 15.5. The highest BCUT2D eigenvalue weighted by atomic mass is 19.3. The van der Waals surface area contributed by atoms with Gasteiger partial charge in [-0.2, -0.15) is 0 Å². The van der Waals surface area contributed by atoms with E-state index in [1.54, 1.807) is 30.3 Å². The zero-order valence-corrected chi connectivity index (χ0v) is 10.3. The monoisotopic (exact) mass is 273 g/mol. The fraction of sp³-hybridized carbons (Fsp3) is 0.417. The number of hydrogen-bond acceptors (Lipinski definition) is 4. The summed E-state index contributed by atoms with van der Waals surface area (Å²) in [5.74, 6) is 4.50. The molecule has 0 bridgehead atoms. The van der Waals surface area contributed by atoms with Gasteiger partial charge in [-0.25, -0.2) is 14.6 Å². The highest BCUT2D eigenvalue weighted by Gasteiger charge is 2.28. The van der Waals surface area contributed by atoms with Crippen LogP contribution in [0.25, 0.3) is 0 Å². The van der Waals surface area contributed by atoms with E-state index in [0.717, 1.165) is 0 Å². The van der Waals surface area contributed by atoms with Crippen LogP contribution in [0.3, 0.4) is 0 Å². The lowest BCUT2D eigenvalue weighted by molar-refractivity contribution is -0.127. The molecule has 0 aliphatic carbocycles. The van der Waals surface area contributed by atoms with Crippen LogP contribution in [-0.2, 0) is 4.79 Å². The van der Waals surface area contributed by atoms with Crippen molar-refractivity contribution in [1.82, 2.24) is 10.3 Å². The Bertz CT molecular complexity index is 390. The number of carbonyl (C=O) groups excluding carboxylic acids is 1. The first-order valence-electron chi connectivity index (χ1n) is 5.78. The van der Waals surface area contributed by atoms with E-state index < -0.39 is 24.9 Å². The third-order valence-corrected chi connectivity index (χ3v) is 2.63. The van der Waals surface area contributed by atoms with E-state index in [1.807, 2.05) is 5.43 Å². The number of rotatable bonds is 7. The summed E-state index contributed by atoms with van der Waals surface area (Å²) in [4.78, 5) is 13.0. The van der Waals surface area contributed by atoms with Gasteiger partial charge < -0.3 is 5.11 Å². The van der Waals surface area contributed by atoms with Gasteiger partial charge in [-0.3, -0.25) is 15.1 Å². The third-order valence-electron chi connectivity index (χ3n) is 2.63. The van der Waals surface area contributed by atoms with E-state index >= 15 is 0 Å². The lowest BCUT2D eigenvalue weighted by atomic mass is 10.0. The second-order valence-corrected chi connectivity index (χ2v) is 3.93. The quantitative estimate of drug-likeness (QED) is 0.379. The minimum atomic E-state index is -2.61. The molecule has 0 aliphatic heterocycles. The van der Waals surface area contributed by atoms with Crippen LogP contribution in [0.4, 0.5) is 8.78 Å². The Labute approximate surface area is 110 Å². The second kappa shape index (κ2) is 7.78. The summed E-state index contributed by atoms with van der Waals surface area (Å²) in [7, 11) is 0. The molecule has 1 atom stereocenters. The number of nitrogens with one attached hydrogen (secondary N) is 1. The van der Waals surface area contributed by atoms with Gasteiger partial charge in [0.2, 0.25) is 0 Å². The van der Waals surface area contributed by atoms with Crippen molar-refractivity contribution in [3.8, 4) is 0 Å². The van der Waals surface area contributed by atoms with Crippen LogP contribution in [-0.4, -0.2) is 42.0 Å². The number of hydrogen-bond donors (Lipinski definition) is 3. The molecule has 0 fully saturated rings. The Hall–Kier alpha value is -1.57. The SMILES string of the molecule is NNC(=O)C(c1ccccc1)N(CCO)CC(F)F. The third kappa shape index (κ3) is 4.55. The van der Waals surface area contributed by atoms with E-state index in [2.05, 4.69) is 0 Å². The summed E-state index contributed by atoms with van der Waals surface area (Å²) in [5.41, 5.74) is 2.51. The molecule has 1 aromatic carbocycles. The number of nitrogens with two attached hydrogens (primary N) is 1. The van der Waals surface area contributed by atoms with Crippen molar-refractivity contribution in [3.05, 3.63) is 35.9 Å². The second-order valence-electron chi connectivity index (χ2n) is 3.93. The molecule has 0 saturated carbocycles. The summed E-state index contributed by atoms with van der Waals surface area (Å²) in [6, 6.07) is 7.50. The number of hydrazine groups is 1. The van der Waals surface area contributed by atoms with E-state index in [-0.39, 0.29) is 13.2 Å². The standard InChI is InChI=1S/C12H17F2N3O2/c13-10(14)8-17(6-7-18)11(12(19)16-15)9-4-2-1-3-5-9/h1-5,10-11,18H,6-8,15H2,(H,16,19). The van der Waals surface area contributed by atoms with Gasteiger partial charge in [0.15, 0.2) is 0 Å². The fourth-order valence-corrected chi connectivity index (χ4v) is 1.87. The number of nitrogens with zero attached hydrogens (tertiary/aromatic N) is 1. The Balaban J connectivity index is 3.02. The number of aliphatic hydroxyl groups excluding tert-OH is 1. The highest BCUT2D eigenvalue weighted by Crippen LogP contribution is 2.21. The summed E-state index contributed by atoms with van der Waals surface area (Å²) in [6.45, 7) is -0.987. The predicted octanol–water partition coefficient (Wildman–Crippen LogP) is 0.277. The first-order valence-corrected chi connectivity index (χ1v) is 5.78. The number of carbonyl (C=O) groups is 1. The van der Waals surface area contributed by atoms with Crippen LogP contribution in [0.15, 0.2) is 30.3 Å². The Morgan fingerprint density at radius 3 is 2.47 bits per heavy atom. The Morgan fingerprint density at radius 1 is 1.37 bits per heavy atom. The molecule has 1 unspecified atom stereocenters. The van der Waals surface area contributed by atoms with Crippen LogP contribution in [0.2, 0.25) is 0 Å². The van der Waals surface area contributed by atoms with Crippen molar-refractivity contribution >= 4 is 5.91 Å². The smallest absolute Gasteiger partial charge is 0.255 e. The minimum Gasteiger partial charge on any atom is -0.395 e. The van der Waals surface area contributed by atoms with Crippen molar-refractivity contribution in [2.24, 2.45) is 5.84 Å². The largest absolute Gasteiger partial charge is 0.395 e. The van der Waals surface area contributed by atoms with E-state index in [9.17, 15) is 13.6 Å². The molecule has 7 heteroatoms. The predicted molar refractivity (Wildman–Crippen MR) is 66.2 cm³/mol. The summed E-state index contributed by atoms with van der Waals surface area (Å²) in [6.07, 6.45) is -2.61. The van der Waals surface area contributed by atoms with Crippen LogP contribution < -0.4 is 11.3 Å². The molecule has 0 spiro atoms. The van der Waals surface area contributed by atoms with Crippen LogP contribution >= 0.6 is 0 Å². The molecule has 0 saturated heterocycles. The molecule has 1 aromatic rings. The number of aliphatic hydroxyl groups is 1. The van der Waals surface area contributed by atoms with E-state index in [1.165, 1.54) is 4.90 Å². The van der Waals surface area contributed by atoms with Crippen LogP contribution in [0.5, 0.6) is 0 Å². The highest BCUT2D eigenvalue weighted by molar-refractivity contribution is 5.82. The molecule has 4 N–H and O–H groups in total. The normalized spacial score (nSPS) is 12.7. The molecule has 0 radical (unpaired) electrons. The zero-order chi connectivity index (χ0) is 14.3. The van der Waals surface area contributed by atoms with Crippen molar-refractivity contribution in [2.75, 3.05) is 19.7 Å². The summed E-state index contributed by atoms with van der Waals surface area (Å²) < 4.78 is 25.1. The summed E-state index contributed by atoms with van der Waals surface area (Å²) in [5, 5.41) is 8.95. The molecule has 19 heavy (non-hydrogen) atoms.